The predicted molar refractivity (Wildman–Crippen MR) is 95.1 cm³/mol. The fourth-order valence-corrected chi connectivity index (χ4v) is 3.10. The molecule has 2 heterocycles. The van der Waals surface area contributed by atoms with Crippen LogP contribution in [0.4, 0.5) is 18.9 Å². The van der Waals surface area contributed by atoms with E-state index in [0.29, 0.717) is 16.8 Å². The molecule has 1 aromatic carbocycles. The standard InChI is InChI=1S/C17H16F3N5O4/c1-10-14-11(2)29-22-15(14)16(26)24(21-10)9-23(8-17(18,19)20)7-12-5-3-4-6-13(12)25(27)28/h3-6H,7-9H2,1-2H3. The minimum absolute atomic E-state index is 0.0346. The Hall–Kier alpha value is -3.28. The summed E-state index contributed by atoms with van der Waals surface area (Å²) in [5.74, 6) is 0.376. The molecule has 0 amide bonds. The molecular weight excluding hydrogens is 395 g/mol. The van der Waals surface area contributed by atoms with Crippen LogP contribution in [-0.2, 0) is 13.2 Å². The van der Waals surface area contributed by atoms with E-state index in [-0.39, 0.29) is 16.8 Å². The largest absolute Gasteiger partial charge is 0.401 e. The number of halogens is 3. The van der Waals surface area contributed by atoms with Gasteiger partial charge in [-0.05, 0) is 13.8 Å². The Balaban J connectivity index is 1.99. The van der Waals surface area contributed by atoms with E-state index in [4.69, 9.17) is 4.52 Å². The second-order valence-corrected chi connectivity index (χ2v) is 6.48. The molecule has 3 aromatic rings. The van der Waals surface area contributed by atoms with E-state index in [9.17, 15) is 28.1 Å². The highest BCUT2D eigenvalue weighted by atomic mass is 19.4. The van der Waals surface area contributed by atoms with Crippen LogP contribution in [0, 0.1) is 24.0 Å². The van der Waals surface area contributed by atoms with Crippen molar-refractivity contribution in [2.75, 3.05) is 6.54 Å². The van der Waals surface area contributed by atoms with Crippen LogP contribution >= 0.6 is 0 Å². The Kier molecular flexibility index (Phi) is 5.38. The molecule has 29 heavy (non-hydrogen) atoms. The molecule has 0 fully saturated rings. The maximum atomic E-state index is 13.1. The maximum absolute atomic E-state index is 13.1. The van der Waals surface area contributed by atoms with Crippen LogP contribution < -0.4 is 5.56 Å². The van der Waals surface area contributed by atoms with E-state index in [0.717, 1.165) is 9.58 Å². The highest BCUT2D eigenvalue weighted by Gasteiger charge is 2.32. The molecule has 0 spiro atoms. The van der Waals surface area contributed by atoms with Gasteiger partial charge in [0.25, 0.3) is 11.2 Å². The van der Waals surface area contributed by atoms with E-state index in [1.807, 2.05) is 0 Å². The normalized spacial score (nSPS) is 12.1. The summed E-state index contributed by atoms with van der Waals surface area (Å²) >= 11 is 0. The van der Waals surface area contributed by atoms with Crippen molar-refractivity contribution in [3.05, 3.63) is 61.8 Å². The molecule has 0 atom stereocenters. The van der Waals surface area contributed by atoms with Gasteiger partial charge in [0.2, 0.25) is 0 Å². The SMILES string of the molecule is Cc1nn(CN(Cc2ccccc2[N+](=O)[O-])CC(F)(F)F)c(=O)c2noc(C)c12. The maximum Gasteiger partial charge on any atom is 0.401 e. The first kappa shape index (κ1) is 20.5. The van der Waals surface area contributed by atoms with E-state index < -0.39 is 36.4 Å². The van der Waals surface area contributed by atoms with E-state index >= 15 is 0 Å². The summed E-state index contributed by atoms with van der Waals surface area (Å²) in [6.45, 7) is 0.853. The molecule has 0 bridgehead atoms. The molecule has 3 rings (SSSR count). The number of nitrogens with zero attached hydrogens (tertiary/aromatic N) is 5. The summed E-state index contributed by atoms with van der Waals surface area (Å²) in [6, 6.07) is 5.49. The molecule has 0 unspecified atom stereocenters. The average molecular weight is 411 g/mol. The summed E-state index contributed by atoms with van der Waals surface area (Å²) in [4.78, 5) is 23.9. The topological polar surface area (TPSA) is 107 Å². The molecule has 0 radical (unpaired) electrons. The Labute approximate surface area is 161 Å². The van der Waals surface area contributed by atoms with Gasteiger partial charge in [0, 0.05) is 18.2 Å². The van der Waals surface area contributed by atoms with Crippen LogP contribution in [0.15, 0.2) is 33.6 Å². The lowest BCUT2D eigenvalue weighted by Gasteiger charge is -2.24. The van der Waals surface area contributed by atoms with Crippen LogP contribution in [0.2, 0.25) is 0 Å². The third-order valence-electron chi connectivity index (χ3n) is 4.25. The van der Waals surface area contributed by atoms with Crippen molar-refractivity contribution < 1.29 is 22.6 Å². The predicted octanol–water partition coefficient (Wildman–Crippen LogP) is 2.93. The minimum Gasteiger partial charge on any atom is -0.360 e. The van der Waals surface area contributed by atoms with E-state index in [2.05, 4.69) is 10.3 Å². The van der Waals surface area contributed by atoms with Crippen molar-refractivity contribution >= 4 is 16.6 Å². The van der Waals surface area contributed by atoms with Gasteiger partial charge >= 0.3 is 6.18 Å². The number of nitro benzene ring substituents is 1. The zero-order valence-electron chi connectivity index (χ0n) is 15.4. The number of nitro groups is 1. The first-order valence-corrected chi connectivity index (χ1v) is 8.42. The first-order valence-electron chi connectivity index (χ1n) is 8.42. The highest BCUT2D eigenvalue weighted by Crippen LogP contribution is 2.23. The zero-order valence-corrected chi connectivity index (χ0v) is 15.4. The number of aromatic nitrogens is 3. The second kappa shape index (κ2) is 7.62. The number of benzene rings is 1. The third-order valence-corrected chi connectivity index (χ3v) is 4.25. The van der Waals surface area contributed by atoms with Crippen molar-refractivity contribution in [1.82, 2.24) is 19.8 Å². The summed E-state index contributed by atoms with van der Waals surface area (Å²) < 4.78 is 45.1. The van der Waals surface area contributed by atoms with Gasteiger partial charge in [-0.15, -0.1) is 0 Å². The number of alkyl halides is 3. The van der Waals surface area contributed by atoms with E-state index in [1.54, 1.807) is 13.8 Å². The van der Waals surface area contributed by atoms with Crippen molar-refractivity contribution in [2.45, 2.75) is 33.2 Å². The zero-order chi connectivity index (χ0) is 21.3. The molecule has 0 saturated carbocycles. The van der Waals surface area contributed by atoms with Gasteiger partial charge in [-0.2, -0.15) is 18.3 Å². The third kappa shape index (κ3) is 4.42. The van der Waals surface area contributed by atoms with Crippen LogP contribution in [0.25, 0.3) is 10.9 Å². The van der Waals surface area contributed by atoms with Gasteiger partial charge in [-0.1, -0.05) is 23.4 Å². The van der Waals surface area contributed by atoms with Gasteiger partial charge in [-0.25, -0.2) is 4.68 Å². The monoisotopic (exact) mass is 411 g/mol. The summed E-state index contributed by atoms with van der Waals surface area (Å²) in [6.07, 6.45) is -4.59. The van der Waals surface area contributed by atoms with Gasteiger partial charge in [0.05, 0.1) is 29.2 Å². The molecule has 0 aliphatic carbocycles. The lowest BCUT2D eigenvalue weighted by Crippen LogP contribution is -2.39. The van der Waals surface area contributed by atoms with Crippen LogP contribution in [0.3, 0.4) is 0 Å². The fraction of sp³-hybridized carbons (Fsp3) is 0.353. The molecule has 12 heteroatoms. The van der Waals surface area contributed by atoms with Crippen LogP contribution in [0.5, 0.6) is 0 Å². The Morgan fingerprint density at radius 1 is 1.28 bits per heavy atom. The quantitative estimate of drug-likeness (QED) is 0.453. The van der Waals surface area contributed by atoms with Crippen molar-refractivity contribution in [3.63, 3.8) is 0 Å². The summed E-state index contributed by atoms with van der Waals surface area (Å²) in [5.41, 5.74) is -0.593. The molecule has 0 N–H and O–H groups in total. The second-order valence-electron chi connectivity index (χ2n) is 6.48. The van der Waals surface area contributed by atoms with Crippen LogP contribution in [0.1, 0.15) is 17.0 Å². The van der Waals surface area contributed by atoms with Crippen molar-refractivity contribution in [2.24, 2.45) is 0 Å². The first-order chi connectivity index (χ1) is 13.6. The number of para-hydroxylation sites is 1. The Bertz CT molecular complexity index is 1120. The number of hydrogen-bond donors (Lipinski definition) is 0. The van der Waals surface area contributed by atoms with E-state index in [1.165, 1.54) is 24.3 Å². The van der Waals surface area contributed by atoms with Crippen molar-refractivity contribution in [3.8, 4) is 0 Å². The number of hydrogen-bond acceptors (Lipinski definition) is 7. The van der Waals surface area contributed by atoms with Gasteiger partial charge in [-0.3, -0.25) is 19.8 Å². The highest BCUT2D eigenvalue weighted by molar-refractivity contribution is 5.81. The molecule has 9 nitrogen and oxygen atoms in total. The molecule has 0 saturated heterocycles. The molecule has 2 aromatic heterocycles. The molecule has 154 valence electrons. The lowest BCUT2D eigenvalue weighted by molar-refractivity contribution is -0.385. The summed E-state index contributed by atoms with van der Waals surface area (Å²) in [5, 5.41) is 19.3. The average Bonchev–Trinajstić information content (AvgIpc) is 3.00. The minimum atomic E-state index is -4.59. The van der Waals surface area contributed by atoms with Gasteiger partial charge in [0.15, 0.2) is 5.52 Å². The smallest absolute Gasteiger partial charge is 0.360 e. The number of rotatable bonds is 6. The fourth-order valence-electron chi connectivity index (χ4n) is 3.10. The Morgan fingerprint density at radius 2 is 1.97 bits per heavy atom. The molecule has 0 aliphatic rings. The Morgan fingerprint density at radius 3 is 2.62 bits per heavy atom. The van der Waals surface area contributed by atoms with Crippen LogP contribution in [-0.4, -0.2) is 37.5 Å². The molecule has 0 aliphatic heterocycles. The number of fused-ring (bicyclic) bond motifs is 1. The van der Waals surface area contributed by atoms with Gasteiger partial charge < -0.3 is 4.52 Å². The number of aryl methyl sites for hydroxylation is 2. The van der Waals surface area contributed by atoms with Gasteiger partial charge in [0.1, 0.15) is 5.76 Å². The molecular formula is C17H16F3N5O4. The van der Waals surface area contributed by atoms with Crippen molar-refractivity contribution in [1.29, 1.82) is 0 Å². The summed E-state index contributed by atoms with van der Waals surface area (Å²) in [7, 11) is 0. The lowest BCUT2D eigenvalue weighted by atomic mass is 10.1.